The number of nitriles is 1. The van der Waals surface area contributed by atoms with Gasteiger partial charge in [-0.05, 0) is 24.6 Å². The van der Waals surface area contributed by atoms with Gasteiger partial charge in [0.15, 0.2) is 0 Å². The predicted molar refractivity (Wildman–Crippen MR) is 54.6 cm³/mol. The number of hydrogen-bond acceptors (Lipinski definition) is 3. The van der Waals surface area contributed by atoms with Crippen LogP contribution in [0.5, 0.6) is 0 Å². The minimum atomic E-state index is 0.380. The van der Waals surface area contributed by atoms with Crippen molar-refractivity contribution in [1.82, 2.24) is 5.32 Å². The Morgan fingerprint density at radius 3 is 2.93 bits per heavy atom. The molecule has 1 heterocycles. The van der Waals surface area contributed by atoms with Crippen LogP contribution in [-0.4, -0.2) is 6.54 Å². The smallest absolute Gasteiger partial charge is 0.203 e. The number of rotatable bonds is 5. The summed E-state index contributed by atoms with van der Waals surface area (Å²) in [6, 6.07) is 5.49. The number of nitrogens with one attached hydrogen (secondary N) is 1. The first-order chi connectivity index (χ1) is 6.76. The van der Waals surface area contributed by atoms with E-state index in [2.05, 4.69) is 19.2 Å². The molecule has 0 spiro atoms. The van der Waals surface area contributed by atoms with Gasteiger partial charge in [0, 0.05) is 0 Å². The van der Waals surface area contributed by atoms with Gasteiger partial charge in [-0.25, -0.2) is 0 Å². The summed E-state index contributed by atoms with van der Waals surface area (Å²) < 4.78 is 5.22. The standard InChI is InChI=1S/C11H16N2O/c1-3-9(2)7-13-8-11-5-4-10(6-12)14-11/h4-5,9,13H,3,7-8H2,1-2H3. The highest BCUT2D eigenvalue weighted by Gasteiger charge is 2.01. The minimum absolute atomic E-state index is 0.380. The molecule has 1 aromatic heterocycles. The molecule has 14 heavy (non-hydrogen) atoms. The molecule has 0 saturated carbocycles. The first kappa shape index (κ1) is 10.8. The van der Waals surface area contributed by atoms with E-state index in [-0.39, 0.29) is 0 Å². The van der Waals surface area contributed by atoms with E-state index in [1.54, 1.807) is 6.07 Å². The molecular weight excluding hydrogens is 176 g/mol. The fourth-order valence-electron chi connectivity index (χ4n) is 1.12. The SMILES string of the molecule is CCC(C)CNCc1ccc(C#N)o1. The number of nitrogens with zero attached hydrogens (tertiary/aromatic N) is 1. The zero-order chi connectivity index (χ0) is 10.4. The van der Waals surface area contributed by atoms with Crippen molar-refractivity contribution in [3.63, 3.8) is 0 Å². The Bertz CT molecular complexity index is 311. The van der Waals surface area contributed by atoms with Crippen molar-refractivity contribution < 1.29 is 4.42 Å². The van der Waals surface area contributed by atoms with Crippen molar-refractivity contribution in [2.45, 2.75) is 26.8 Å². The van der Waals surface area contributed by atoms with Crippen LogP contribution < -0.4 is 5.32 Å². The fraction of sp³-hybridized carbons (Fsp3) is 0.545. The van der Waals surface area contributed by atoms with E-state index in [0.29, 0.717) is 18.2 Å². The Hall–Kier alpha value is -1.27. The monoisotopic (exact) mass is 192 g/mol. The van der Waals surface area contributed by atoms with Crippen LogP contribution in [0.1, 0.15) is 31.8 Å². The van der Waals surface area contributed by atoms with Crippen LogP contribution in [0.15, 0.2) is 16.5 Å². The average Bonchev–Trinajstić information content (AvgIpc) is 2.65. The Morgan fingerprint density at radius 2 is 2.36 bits per heavy atom. The molecule has 0 radical (unpaired) electrons. The van der Waals surface area contributed by atoms with Gasteiger partial charge in [0.2, 0.25) is 5.76 Å². The first-order valence-electron chi connectivity index (χ1n) is 4.95. The zero-order valence-corrected chi connectivity index (χ0v) is 8.71. The van der Waals surface area contributed by atoms with Gasteiger partial charge in [0.1, 0.15) is 11.8 Å². The molecule has 3 nitrogen and oxygen atoms in total. The van der Waals surface area contributed by atoms with E-state index < -0.39 is 0 Å². The fourth-order valence-corrected chi connectivity index (χ4v) is 1.12. The second-order valence-corrected chi connectivity index (χ2v) is 3.52. The van der Waals surface area contributed by atoms with Crippen molar-refractivity contribution in [2.24, 2.45) is 5.92 Å². The van der Waals surface area contributed by atoms with Gasteiger partial charge < -0.3 is 9.73 Å². The van der Waals surface area contributed by atoms with Crippen LogP contribution in [0.4, 0.5) is 0 Å². The summed E-state index contributed by atoms with van der Waals surface area (Å²) >= 11 is 0. The van der Waals surface area contributed by atoms with Crippen molar-refractivity contribution in [3.8, 4) is 6.07 Å². The van der Waals surface area contributed by atoms with Gasteiger partial charge in [-0.15, -0.1) is 0 Å². The van der Waals surface area contributed by atoms with Gasteiger partial charge in [-0.1, -0.05) is 20.3 Å². The van der Waals surface area contributed by atoms with Crippen LogP contribution in [0.25, 0.3) is 0 Å². The highest BCUT2D eigenvalue weighted by molar-refractivity contribution is 5.18. The van der Waals surface area contributed by atoms with Crippen molar-refractivity contribution >= 4 is 0 Å². The predicted octanol–water partition coefficient (Wildman–Crippen LogP) is 2.29. The lowest BCUT2D eigenvalue weighted by molar-refractivity contribution is 0.444. The maximum atomic E-state index is 8.54. The molecular formula is C11H16N2O. The van der Waals surface area contributed by atoms with E-state index in [0.717, 1.165) is 12.3 Å². The molecule has 0 aliphatic rings. The van der Waals surface area contributed by atoms with Crippen LogP contribution >= 0.6 is 0 Å². The molecule has 1 rings (SSSR count). The molecule has 0 saturated heterocycles. The summed E-state index contributed by atoms with van der Waals surface area (Å²) in [5.74, 6) is 1.88. The first-order valence-corrected chi connectivity index (χ1v) is 4.95. The summed E-state index contributed by atoms with van der Waals surface area (Å²) in [5, 5.41) is 11.8. The Balaban J connectivity index is 2.28. The lowest BCUT2D eigenvalue weighted by Gasteiger charge is -2.08. The third kappa shape index (κ3) is 3.23. The van der Waals surface area contributed by atoms with E-state index >= 15 is 0 Å². The van der Waals surface area contributed by atoms with Crippen LogP contribution in [0.2, 0.25) is 0 Å². The average molecular weight is 192 g/mol. The summed E-state index contributed by atoms with van der Waals surface area (Å²) in [4.78, 5) is 0. The van der Waals surface area contributed by atoms with Crippen molar-refractivity contribution in [1.29, 1.82) is 5.26 Å². The third-order valence-corrected chi connectivity index (χ3v) is 2.26. The van der Waals surface area contributed by atoms with Crippen molar-refractivity contribution in [2.75, 3.05) is 6.54 Å². The van der Waals surface area contributed by atoms with Crippen LogP contribution in [0.3, 0.4) is 0 Å². The molecule has 1 aromatic rings. The third-order valence-electron chi connectivity index (χ3n) is 2.26. The molecule has 0 aliphatic carbocycles. The van der Waals surface area contributed by atoms with Gasteiger partial charge in [0.25, 0.3) is 0 Å². The van der Waals surface area contributed by atoms with E-state index in [1.807, 2.05) is 12.1 Å². The maximum absolute atomic E-state index is 8.54. The van der Waals surface area contributed by atoms with Crippen LogP contribution in [0, 0.1) is 17.2 Å². The lowest BCUT2D eigenvalue weighted by Crippen LogP contribution is -2.19. The van der Waals surface area contributed by atoms with E-state index in [9.17, 15) is 0 Å². The summed E-state index contributed by atoms with van der Waals surface area (Å²) in [7, 11) is 0. The highest BCUT2D eigenvalue weighted by atomic mass is 16.3. The second-order valence-electron chi connectivity index (χ2n) is 3.52. The van der Waals surface area contributed by atoms with Crippen molar-refractivity contribution in [3.05, 3.63) is 23.7 Å². The normalized spacial score (nSPS) is 12.4. The summed E-state index contributed by atoms with van der Waals surface area (Å²) in [6.07, 6.45) is 1.18. The largest absolute Gasteiger partial charge is 0.449 e. The molecule has 3 heteroatoms. The number of hydrogen-bond donors (Lipinski definition) is 1. The summed E-state index contributed by atoms with van der Waals surface area (Å²) in [6.45, 7) is 6.06. The van der Waals surface area contributed by atoms with E-state index in [1.165, 1.54) is 6.42 Å². The molecule has 1 atom stereocenters. The van der Waals surface area contributed by atoms with Crippen LogP contribution in [-0.2, 0) is 6.54 Å². The maximum Gasteiger partial charge on any atom is 0.203 e. The Labute approximate surface area is 84.7 Å². The van der Waals surface area contributed by atoms with Gasteiger partial charge in [-0.3, -0.25) is 0 Å². The minimum Gasteiger partial charge on any atom is -0.449 e. The van der Waals surface area contributed by atoms with Gasteiger partial charge in [0.05, 0.1) is 6.54 Å². The molecule has 1 N–H and O–H groups in total. The number of furan rings is 1. The van der Waals surface area contributed by atoms with E-state index in [4.69, 9.17) is 9.68 Å². The van der Waals surface area contributed by atoms with Gasteiger partial charge in [-0.2, -0.15) is 5.26 Å². The topological polar surface area (TPSA) is 49.0 Å². The molecule has 76 valence electrons. The molecule has 0 bridgehead atoms. The summed E-state index contributed by atoms with van der Waals surface area (Å²) in [5.41, 5.74) is 0. The quantitative estimate of drug-likeness (QED) is 0.778. The lowest BCUT2D eigenvalue weighted by atomic mass is 10.1. The second kappa shape index (κ2) is 5.46. The Kier molecular flexibility index (Phi) is 4.21. The molecule has 0 aromatic carbocycles. The zero-order valence-electron chi connectivity index (χ0n) is 8.71. The molecule has 0 aliphatic heterocycles. The molecule has 1 unspecified atom stereocenters. The molecule has 0 amide bonds. The van der Waals surface area contributed by atoms with Gasteiger partial charge >= 0.3 is 0 Å². The Morgan fingerprint density at radius 1 is 1.57 bits per heavy atom. The highest BCUT2D eigenvalue weighted by Crippen LogP contribution is 2.06. The molecule has 0 fully saturated rings.